The first-order valence-electron chi connectivity index (χ1n) is 6.36. The van der Waals surface area contributed by atoms with E-state index in [1.165, 1.54) is 0 Å². The molecule has 3 nitrogen and oxygen atoms in total. The standard InChI is InChI=1S/C14H21BrN2O/c1-3-4-9-13(16)14(18)17-10(2)11-7-5-6-8-12(11)15/h5-8,10,13H,3-4,9,16H2,1-2H3,(H,17,18)/t10-,13?/m1/s1. The molecule has 0 saturated heterocycles. The molecule has 0 bridgehead atoms. The van der Waals surface area contributed by atoms with Crippen molar-refractivity contribution >= 4 is 21.8 Å². The van der Waals surface area contributed by atoms with Crippen LogP contribution in [0.25, 0.3) is 0 Å². The summed E-state index contributed by atoms with van der Waals surface area (Å²) < 4.78 is 1.000. The molecule has 0 aliphatic rings. The van der Waals surface area contributed by atoms with Crippen molar-refractivity contribution < 1.29 is 4.79 Å². The van der Waals surface area contributed by atoms with Crippen LogP contribution in [0, 0.1) is 0 Å². The number of carbonyl (C=O) groups is 1. The van der Waals surface area contributed by atoms with Crippen molar-refractivity contribution in [1.82, 2.24) is 5.32 Å². The summed E-state index contributed by atoms with van der Waals surface area (Å²) in [5, 5.41) is 2.95. The number of hydrogen-bond donors (Lipinski definition) is 2. The third kappa shape index (κ3) is 4.42. The van der Waals surface area contributed by atoms with Crippen molar-refractivity contribution in [3.8, 4) is 0 Å². The highest BCUT2D eigenvalue weighted by atomic mass is 79.9. The summed E-state index contributed by atoms with van der Waals surface area (Å²) in [6.07, 6.45) is 2.78. The Morgan fingerprint density at radius 1 is 1.44 bits per heavy atom. The van der Waals surface area contributed by atoms with E-state index in [4.69, 9.17) is 5.73 Å². The summed E-state index contributed by atoms with van der Waals surface area (Å²) in [5.74, 6) is -0.0771. The van der Waals surface area contributed by atoms with Crippen molar-refractivity contribution in [2.45, 2.75) is 45.2 Å². The number of amides is 1. The Hall–Kier alpha value is -0.870. The van der Waals surface area contributed by atoms with Crippen LogP contribution in [0.3, 0.4) is 0 Å². The van der Waals surface area contributed by atoms with Crippen LogP contribution in [0.1, 0.15) is 44.7 Å². The van der Waals surface area contributed by atoms with E-state index < -0.39 is 6.04 Å². The number of hydrogen-bond acceptors (Lipinski definition) is 2. The first-order valence-corrected chi connectivity index (χ1v) is 7.16. The third-order valence-corrected chi connectivity index (χ3v) is 3.66. The zero-order valence-electron chi connectivity index (χ0n) is 10.9. The molecule has 1 rings (SSSR count). The second kappa shape index (κ2) is 7.54. The predicted octanol–water partition coefficient (Wildman–Crippen LogP) is 3.14. The van der Waals surface area contributed by atoms with Crippen molar-refractivity contribution in [1.29, 1.82) is 0 Å². The van der Waals surface area contributed by atoms with Gasteiger partial charge in [-0.15, -0.1) is 0 Å². The van der Waals surface area contributed by atoms with Crippen LogP contribution in [-0.4, -0.2) is 11.9 Å². The molecule has 1 aromatic carbocycles. The number of rotatable bonds is 6. The Morgan fingerprint density at radius 3 is 2.72 bits per heavy atom. The Morgan fingerprint density at radius 2 is 2.11 bits per heavy atom. The number of halogens is 1. The maximum Gasteiger partial charge on any atom is 0.237 e. The highest BCUT2D eigenvalue weighted by Crippen LogP contribution is 2.22. The van der Waals surface area contributed by atoms with Gasteiger partial charge in [-0.25, -0.2) is 0 Å². The Kier molecular flexibility index (Phi) is 6.36. The van der Waals surface area contributed by atoms with E-state index in [-0.39, 0.29) is 11.9 Å². The van der Waals surface area contributed by atoms with Gasteiger partial charge in [0.2, 0.25) is 5.91 Å². The highest BCUT2D eigenvalue weighted by Gasteiger charge is 2.17. The monoisotopic (exact) mass is 312 g/mol. The van der Waals surface area contributed by atoms with Gasteiger partial charge in [0.25, 0.3) is 0 Å². The zero-order chi connectivity index (χ0) is 13.5. The Labute approximate surface area is 117 Å². The van der Waals surface area contributed by atoms with Gasteiger partial charge in [0.05, 0.1) is 12.1 Å². The smallest absolute Gasteiger partial charge is 0.237 e. The molecule has 0 radical (unpaired) electrons. The van der Waals surface area contributed by atoms with E-state index >= 15 is 0 Å². The lowest BCUT2D eigenvalue weighted by Gasteiger charge is -2.18. The maximum atomic E-state index is 11.9. The molecule has 18 heavy (non-hydrogen) atoms. The summed E-state index contributed by atoms with van der Waals surface area (Å²) in [7, 11) is 0. The molecule has 0 aromatic heterocycles. The minimum absolute atomic E-state index is 0.0410. The molecule has 4 heteroatoms. The average molecular weight is 313 g/mol. The van der Waals surface area contributed by atoms with Gasteiger partial charge in [0.1, 0.15) is 0 Å². The molecular weight excluding hydrogens is 292 g/mol. The lowest BCUT2D eigenvalue weighted by molar-refractivity contribution is -0.123. The molecule has 0 aliphatic carbocycles. The molecule has 1 unspecified atom stereocenters. The summed E-state index contributed by atoms with van der Waals surface area (Å²) in [5.41, 5.74) is 6.91. The van der Waals surface area contributed by atoms with Crippen molar-refractivity contribution in [3.05, 3.63) is 34.3 Å². The fourth-order valence-corrected chi connectivity index (χ4v) is 2.41. The molecule has 0 fully saturated rings. The summed E-state index contributed by atoms with van der Waals surface area (Å²) in [4.78, 5) is 11.9. The van der Waals surface area contributed by atoms with Gasteiger partial charge in [-0.1, -0.05) is 53.9 Å². The molecule has 0 spiro atoms. The van der Waals surface area contributed by atoms with E-state index in [1.807, 2.05) is 31.2 Å². The number of benzene rings is 1. The summed E-state index contributed by atoms with van der Waals surface area (Å²) in [6.45, 7) is 4.05. The van der Waals surface area contributed by atoms with Crippen molar-refractivity contribution in [3.63, 3.8) is 0 Å². The number of nitrogens with one attached hydrogen (secondary N) is 1. The molecule has 0 aliphatic heterocycles. The lowest BCUT2D eigenvalue weighted by Crippen LogP contribution is -2.41. The molecule has 2 atom stereocenters. The quantitative estimate of drug-likeness (QED) is 0.847. The maximum absolute atomic E-state index is 11.9. The van der Waals surface area contributed by atoms with Crippen LogP contribution in [0.2, 0.25) is 0 Å². The van der Waals surface area contributed by atoms with Gasteiger partial charge in [-0.2, -0.15) is 0 Å². The normalized spacial score (nSPS) is 14.0. The van der Waals surface area contributed by atoms with Gasteiger partial charge < -0.3 is 11.1 Å². The predicted molar refractivity (Wildman–Crippen MR) is 78.2 cm³/mol. The fourth-order valence-electron chi connectivity index (χ4n) is 1.78. The van der Waals surface area contributed by atoms with Crippen LogP contribution < -0.4 is 11.1 Å². The van der Waals surface area contributed by atoms with Gasteiger partial charge in [0, 0.05) is 4.47 Å². The first kappa shape index (κ1) is 15.2. The number of carbonyl (C=O) groups excluding carboxylic acids is 1. The number of nitrogens with two attached hydrogens (primary N) is 1. The summed E-state index contributed by atoms with van der Waals surface area (Å²) >= 11 is 3.48. The van der Waals surface area contributed by atoms with Crippen molar-refractivity contribution in [2.24, 2.45) is 5.73 Å². The minimum Gasteiger partial charge on any atom is -0.348 e. The van der Waals surface area contributed by atoms with Crippen LogP contribution in [0.5, 0.6) is 0 Å². The topological polar surface area (TPSA) is 55.1 Å². The zero-order valence-corrected chi connectivity index (χ0v) is 12.5. The van der Waals surface area contributed by atoms with E-state index in [0.29, 0.717) is 0 Å². The van der Waals surface area contributed by atoms with E-state index in [2.05, 4.69) is 28.2 Å². The third-order valence-electron chi connectivity index (χ3n) is 2.94. The van der Waals surface area contributed by atoms with Crippen LogP contribution in [-0.2, 0) is 4.79 Å². The molecule has 0 saturated carbocycles. The minimum atomic E-state index is -0.408. The molecule has 1 aromatic rings. The van der Waals surface area contributed by atoms with Gasteiger partial charge in [-0.3, -0.25) is 4.79 Å². The first-order chi connectivity index (χ1) is 8.56. The van der Waals surface area contributed by atoms with Crippen LogP contribution in [0.4, 0.5) is 0 Å². The highest BCUT2D eigenvalue weighted by molar-refractivity contribution is 9.10. The number of unbranched alkanes of at least 4 members (excludes halogenated alkanes) is 1. The summed E-state index contributed by atoms with van der Waals surface area (Å²) in [6, 6.07) is 7.42. The molecular formula is C14H21BrN2O. The Bertz CT molecular complexity index is 395. The van der Waals surface area contributed by atoms with Crippen LogP contribution >= 0.6 is 15.9 Å². The largest absolute Gasteiger partial charge is 0.348 e. The van der Waals surface area contributed by atoms with Crippen molar-refractivity contribution in [2.75, 3.05) is 0 Å². The molecule has 3 N–H and O–H groups in total. The van der Waals surface area contributed by atoms with E-state index in [0.717, 1.165) is 29.3 Å². The van der Waals surface area contributed by atoms with Gasteiger partial charge in [-0.05, 0) is 25.0 Å². The molecule has 100 valence electrons. The molecule has 1 amide bonds. The molecule has 0 heterocycles. The van der Waals surface area contributed by atoms with Gasteiger partial charge >= 0.3 is 0 Å². The average Bonchev–Trinajstić information content (AvgIpc) is 2.36. The van der Waals surface area contributed by atoms with E-state index in [9.17, 15) is 4.79 Å². The SMILES string of the molecule is CCCCC(N)C(=O)N[C@H](C)c1ccccc1Br. The van der Waals surface area contributed by atoms with E-state index in [1.54, 1.807) is 0 Å². The fraction of sp³-hybridized carbons (Fsp3) is 0.500. The second-order valence-electron chi connectivity index (χ2n) is 4.50. The second-order valence-corrected chi connectivity index (χ2v) is 5.35. The van der Waals surface area contributed by atoms with Gasteiger partial charge in [0.15, 0.2) is 0 Å². The Balaban J connectivity index is 2.57. The van der Waals surface area contributed by atoms with Crippen LogP contribution in [0.15, 0.2) is 28.7 Å². The lowest BCUT2D eigenvalue weighted by atomic mass is 10.1.